The van der Waals surface area contributed by atoms with E-state index in [0.717, 1.165) is 6.42 Å². The summed E-state index contributed by atoms with van der Waals surface area (Å²) in [6.45, 7) is 4.45. The topological polar surface area (TPSA) is 52.0 Å². The Bertz CT molecular complexity index is 136. The molecule has 1 saturated carbocycles. The van der Waals surface area contributed by atoms with Crippen LogP contribution in [-0.4, -0.2) is 12.1 Å². The lowest BCUT2D eigenvalue weighted by molar-refractivity contribution is 0.312. The number of hydrogen-bond donors (Lipinski definition) is 2. The Morgan fingerprint density at radius 2 is 1.67 bits per heavy atom. The number of rotatable bonds is 3. The standard InChI is InChI=1S/C10H22N2/c1-3-5-8-7(4-2)9(11)6-10(8)12/h7-10H,3-6,11-12H2,1-2H3/t7?,8?,9-,10+/m1/s1. The zero-order valence-corrected chi connectivity index (χ0v) is 8.29. The van der Waals surface area contributed by atoms with E-state index in [1.165, 1.54) is 19.3 Å². The Balaban J connectivity index is 2.55. The van der Waals surface area contributed by atoms with Gasteiger partial charge in [-0.25, -0.2) is 0 Å². The maximum atomic E-state index is 6.04. The highest BCUT2D eigenvalue weighted by molar-refractivity contribution is 4.94. The molecular formula is C10H22N2. The van der Waals surface area contributed by atoms with E-state index in [4.69, 9.17) is 11.5 Å². The van der Waals surface area contributed by atoms with Crippen molar-refractivity contribution in [2.24, 2.45) is 23.3 Å². The maximum Gasteiger partial charge on any atom is 0.00852 e. The second kappa shape index (κ2) is 4.24. The summed E-state index contributed by atoms with van der Waals surface area (Å²) in [6.07, 6.45) is 4.72. The highest BCUT2D eigenvalue weighted by Gasteiger charge is 2.37. The van der Waals surface area contributed by atoms with E-state index in [1.807, 2.05) is 0 Å². The first-order valence-electron chi connectivity index (χ1n) is 5.21. The number of hydrogen-bond acceptors (Lipinski definition) is 2. The summed E-state index contributed by atoms with van der Waals surface area (Å²) in [5.74, 6) is 1.37. The largest absolute Gasteiger partial charge is 0.327 e. The molecule has 1 aliphatic rings. The highest BCUT2D eigenvalue weighted by Crippen LogP contribution is 2.35. The first kappa shape index (κ1) is 10.0. The van der Waals surface area contributed by atoms with Crippen molar-refractivity contribution in [3.05, 3.63) is 0 Å². The van der Waals surface area contributed by atoms with Crippen molar-refractivity contribution in [2.75, 3.05) is 0 Å². The van der Waals surface area contributed by atoms with E-state index in [9.17, 15) is 0 Å². The quantitative estimate of drug-likeness (QED) is 0.674. The van der Waals surface area contributed by atoms with Crippen molar-refractivity contribution in [1.29, 1.82) is 0 Å². The first-order valence-corrected chi connectivity index (χ1v) is 5.21. The fourth-order valence-electron chi connectivity index (χ4n) is 2.67. The highest BCUT2D eigenvalue weighted by atomic mass is 14.8. The molecule has 1 rings (SSSR count). The summed E-state index contributed by atoms with van der Waals surface area (Å²) < 4.78 is 0. The van der Waals surface area contributed by atoms with Crippen molar-refractivity contribution < 1.29 is 0 Å². The third-order valence-corrected chi connectivity index (χ3v) is 3.29. The summed E-state index contributed by atoms with van der Waals surface area (Å²) in [6, 6.07) is 0.728. The Kier molecular flexibility index (Phi) is 3.53. The molecule has 4 atom stereocenters. The van der Waals surface area contributed by atoms with Crippen LogP contribution >= 0.6 is 0 Å². The molecule has 0 spiro atoms. The van der Waals surface area contributed by atoms with Gasteiger partial charge in [0.25, 0.3) is 0 Å². The molecule has 2 unspecified atom stereocenters. The van der Waals surface area contributed by atoms with E-state index in [2.05, 4.69) is 13.8 Å². The van der Waals surface area contributed by atoms with Crippen LogP contribution in [0.5, 0.6) is 0 Å². The van der Waals surface area contributed by atoms with Crippen LogP contribution < -0.4 is 11.5 Å². The third kappa shape index (κ3) is 1.80. The summed E-state index contributed by atoms with van der Waals surface area (Å²) in [5.41, 5.74) is 12.1. The molecule has 1 aliphatic carbocycles. The van der Waals surface area contributed by atoms with Gasteiger partial charge in [0.2, 0.25) is 0 Å². The Morgan fingerprint density at radius 1 is 1.08 bits per heavy atom. The van der Waals surface area contributed by atoms with Gasteiger partial charge in [-0.2, -0.15) is 0 Å². The van der Waals surface area contributed by atoms with E-state index in [0.29, 0.717) is 23.9 Å². The van der Waals surface area contributed by atoms with Crippen LogP contribution in [0.25, 0.3) is 0 Å². The lowest BCUT2D eigenvalue weighted by Gasteiger charge is -2.22. The Hall–Kier alpha value is -0.0800. The summed E-state index contributed by atoms with van der Waals surface area (Å²) >= 11 is 0. The first-order chi connectivity index (χ1) is 5.70. The van der Waals surface area contributed by atoms with Crippen LogP contribution in [0.4, 0.5) is 0 Å². The van der Waals surface area contributed by atoms with Gasteiger partial charge in [0.1, 0.15) is 0 Å². The summed E-state index contributed by atoms with van der Waals surface area (Å²) in [5, 5.41) is 0. The average Bonchev–Trinajstić information content (AvgIpc) is 2.28. The zero-order chi connectivity index (χ0) is 9.14. The Morgan fingerprint density at radius 3 is 2.17 bits per heavy atom. The second-order valence-electron chi connectivity index (χ2n) is 4.09. The molecule has 72 valence electrons. The molecule has 0 aromatic carbocycles. The molecular weight excluding hydrogens is 148 g/mol. The minimum absolute atomic E-state index is 0.363. The lowest BCUT2D eigenvalue weighted by atomic mass is 9.87. The zero-order valence-electron chi connectivity index (χ0n) is 8.29. The molecule has 0 heterocycles. The predicted molar refractivity (Wildman–Crippen MR) is 52.7 cm³/mol. The van der Waals surface area contributed by atoms with Crippen molar-refractivity contribution >= 4 is 0 Å². The second-order valence-corrected chi connectivity index (χ2v) is 4.09. The van der Waals surface area contributed by atoms with E-state index < -0.39 is 0 Å². The molecule has 1 fully saturated rings. The molecule has 0 saturated heterocycles. The van der Waals surface area contributed by atoms with Gasteiger partial charge in [-0.05, 0) is 24.7 Å². The normalized spacial score (nSPS) is 42.0. The lowest BCUT2D eigenvalue weighted by Crippen LogP contribution is -2.28. The van der Waals surface area contributed by atoms with Crippen LogP contribution in [0.2, 0.25) is 0 Å². The van der Waals surface area contributed by atoms with Gasteiger partial charge in [0.05, 0.1) is 0 Å². The maximum absolute atomic E-state index is 6.04. The van der Waals surface area contributed by atoms with Crippen LogP contribution in [0.1, 0.15) is 39.5 Å². The van der Waals surface area contributed by atoms with Gasteiger partial charge in [0, 0.05) is 12.1 Å². The molecule has 0 bridgehead atoms. The van der Waals surface area contributed by atoms with Crippen molar-refractivity contribution in [3.63, 3.8) is 0 Å². The summed E-state index contributed by atoms with van der Waals surface area (Å²) in [4.78, 5) is 0. The van der Waals surface area contributed by atoms with Crippen molar-refractivity contribution in [1.82, 2.24) is 0 Å². The van der Waals surface area contributed by atoms with Gasteiger partial charge in [-0.15, -0.1) is 0 Å². The SMILES string of the molecule is CCCC1C(CC)[C@H](N)C[C@@H]1N. The van der Waals surface area contributed by atoms with E-state index in [1.54, 1.807) is 0 Å². The van der Waals surface area contributed by atoms with E-state index in [-0.39, 0.29) is 0 Å². The van der Waals surface area contributed by atoms with Crippen LogP contribution in [0.15, 0.2) is 0 Å². The molecule has 2 nitrogen and oxygen atoms in total. The fourth-order valence-corrected chi connectivity index (χ4v) is 2.67. The van der Waals surface area contributed by atoms with Gasteiger partial charge < -0.3 is 11.5 Å². The fraction of sp³-hybridized carbons (Fsp3) is 1.00. The molecule has 0 aliphatic heterocycles. The molecule has 0 aromatic rings. The third-order valence-electron chi connectivity index (χ3n) is 3.29. The van der Waals surface area contributed by atoms with Gasteiger partial charge in [-0.1, -0.05) is 26.7 Å². The van der Waals surface area contributed by atoms with E-state index >= 15 is 0 Å². The molecule has 0 aromatic heterocycles. The molecule has 2 heteroatoms. The smallest absolute Gasteiger partial charge is 0.00852 e. The Labute approximate surface area is 75.7 Å². The van der Waals surface area contributed by atoms with Crippen molar-refractivity contribution in [2.45, 2.75) is 51.6 Å². The number of nitrogens with two attached hydrogens (primary N) is 2. The minimum Gasteiger partial charge on any atom is -0.327 e. The van der Waals surface area contributed by atoms with Gasteiger partial charge >= 0.3 is 0 Å². The predicted octanol–water partition coefficient (Wildman–Crippen LogP) is 1.49. The van der Waals surface area contributed by atoms with Gasteiger partial charge in [0.15, 0.2) is 0 Å². The molecule has 0 radical (unpaired) electrons. The monoisotopic (exact) mass is 170 g/mol. The molecule has 0 amide bonds. The van der Waals surface area contributed by atoms with Gasteiger partial charge in [-0.3, -0.25) is 0 Å². The van der Waals surface area contributed by atoms with Crippen LogP contribution in [-0.2, 0) is 0 Å². The average molecular weight is 170 g/mol. The minimum atomic E-state index is 0.363. The summed E-state index contributed by atoms with van der Waals surface area (Å²) in [7, 11) is 0. The van der Waals surface area contributed by atoms with Crippen molar-refractivity contribution in [3.8, 4) is 0 Å². The molecule has 12 heavy (non-hydrogen) atoms. The van der Waals surface area contributed by atoms with Crippen LogP contribution in [0, 0.1) is 11.8 Å². The molecule has 4 N–H and O–H groups in total. The van der Waals surface area contributed by atoms with Crippen LogP contribution in [0.3, 0.4) is 0 Å².